The van der Waals surface area contributed by atoms with Crippen LogP contribution in [0.4, 0.5) is 13.2 Å². The Bertz CT molecular complexity index is 1100. The predicted octanol–water partition coefficient (Wildman–Crippen LogP) is 5.78. The van der Waals surface area contributed by atoms with E-state index in [1.165, 1.54) is 12.3 Å². The Labute approximate surface area is 206 Å². The van der Waals surface area contributed by atoms with E-state index in [-0.39, 0.29) is 12.1 Å². The average molecular weight is 502 g/mol. The summed E-state index contributed by atoms with van der Waals surface area (Å²) in [4.78, 5) is 3.62. The molecule has 3 aromatic rings. The Kier molecular flexibility index (Phi) is 9.30. The van der Waals surface area contributed by atoms with Crippen LogP contribution in [0.25, 0.3) is 0 Å². The highest BCUT2D eigenvalue weighted by Crippen LogP contribution is 2.30. The number of methoxy groups -OCH3 is 1. The van der Waals surface area contributed by atoms with Crippen LogP contribution < -0.4 is 20.7 Å². The minimum Gasteiger partial charge on any atom is -0.496 e. The molecule has 35 heavy (non-hydrogen) atoms. The fraction of sp³-hybridized carbons (Fsp3) is 0.296. The molecule has 0 aliphatic heterocycles. The third-order valence-corrected chi connectivity index (χ3v) is 6.83. The number of nitrogens with one attached hydrogen (secondary N) is 2. The average Bonchev–Trinajstić information content (AvgIpc) is 2.88. The van der Waals surface area contributed by atoms with E-state index >= 15 is 0 Å². The first-order chi connectivity index (χ1) is 16.8. The SMILES string of the molecule is C=C(NC)C(N[C@@H](CCc1ccc(C(F)(F)F)nc1)c1ccc(OC)c(PC)c1)c1ccccc1. The van der Waals surface area contributed by atoms with Gasteiger partial charge in [-0.3, -0.25) is 10.3 Å². The van der Waals surface area contributed by atoms with E-state index in [1.54, 1.807) is 7.11 Å². The molecule has 0 spiro atoms. The van der Waals surface area contributed by atoms with Gasteiger partial charge in [0.15, 0.2) is 0 Å². The fourth-order valence-corrected chi connectivity index (χ4v) is 4.67. The standard InChI is InChI=1S/C27H31F3N3OP/c1-18(31-2)26(20-8-6-5-7-9-20)33-22(21-12-14-23(34-3)24(16-21)35-4)13-10-19-11-15-25(32-17-19)27(28,29)30/h5-9,11-12,14-17,22,26,31,33,35H,1,10,13H2,2-4H3/t22-,26?/m0/s1. The summed E-state index contributed by atoms with van der Waals surface area (Å²) in [6, 6.07) is 18.5. The summed E-state index contributed by atoms with van der Waals surface area (Å²) in [7, 11) is 4.06. The van der Waals surface area contributed by atoms with Gasteiger partial charge in [-0.05, 0) is 54.4 Å². The van der Waals surface area contributed by atoms with Crippen LogP contribution in [-0.4, -0.2) is 25.8 Å². The van der Waals surface area contributed by atoms with Gasteiger partial charge in [-0.15, -0.1) is 0 Å². The van der Waals surface area contributed by atoms with Crippen molar-refractivity contribution >= 4 is 13.9 Å². The maximum atomic E-state index is 12.9. The smallest absolute Gasteiger partial charge is 0.433 e. The van der Waals surface area contributed by atoms with Gasteiger partial charge in [-0.25, -0.2) is 0 Å². The summed E-state index contributed by atoms with van der Waals surface area (Å²) < 4.78 is 44.2. The van der Waals surface area contributed by atoms with Gasteiger partial charge in [-0.2, -0.15) is 13.2 Å². The van der Waals surface area contributed by atoms with Crippen LogP contribution in [-0.2, 0) is 12.6 Å². The molecule has 2 aromatic carbocycles. The number of aryl methyl sites for hydroxylation is 1. The molecule has 3 atom stereocenters. The van der Waals surface area contributed by atoms with Gasteiger partial charge in [0.1, 0.15) is 11.4 Å². The molecule has 0 aliphatic carbocycles. The summed E-state index contributed by atoms with van der Waals surface area (Å²) in [6.07, 6.45) is -1.91. The maximum Gasteiger partial charge on any atom is 0.433 e. The second-order valence-electron chi connectivity index (χ2n) is 8.14. The maximum absolute atomic E-state index is 12.9. The van der Waals surface area contributed by atoms with E-state index in [1.807, 2.05) is 49.5 Å². The zero-order valence-corrected chi connectivity index (χ0v) is 21.1. The van der Waals surface area contributed by atoms with Gasteiger partial charge < -0.3 is 10.1 Å². The molecule has 0 fully saturated rings. The minimum absolute atomic E-state index is 0.0893. The summed E-state index contributed by atoms with van der Waals surface area (Å²) in [6.45, 7) is 6.30. The second kappa shape index (κ2) is 12.2. The number of ether oxygens (including phenoxy) is 1. The van der Waals surface area contributed by atoms with Gasteiger partial charge in [0.2, 0.25) is 0 Å². The zero-order chi connectivity index (χ0) is 25.4. The van der Waals surface area contributed by atoms with Crippen molar-refractivity contribution in [3.8, 4) is 5.75 Å². The van der Waals surface area contributed by atoms with Crippen molar-refractivity contribution in [3.05, 3.63) is 102 Å². The number of rotatable bonds is 11. The van der Waals surface area contributed by atoms with E-state index in [2.05, 4.69) is 34.9 Å². The minimum atomic E-state index is -4.44. The molecular formula is C27H31F3N3OP. The van der Waals surface area contributed by atoms with Crippen LogP contribution in [0.3, 0.4) is 0 Å². The van der Waals surface area contributed by atoms with Crippen molar-refractivity contribution in [2.45, 2.75) is 31.1 Å². The molecule has 0 saturated carbocycles. The number of alkyl halides is 3. The fourth-order valence-electron chi connectivity index (χ4n) is 3.92. The van der Waals surface area contributed by atoms with E-state index in [0.717, 1.165) is 39.5 Å². The zero-order valence-electron chi connectivity index (χ0n) is 20.1. The van der Waals surface area contributed by atoms with Gasteiger partial charge in [-0.1, -0.05) is 57.6 Å². The lowest BCUT2D eigenvalue weighted by molar-refractivity contribution is -0.141. The highest BCUT2D eigenvalue weighted by atomic mass is 31.1. The summed E-state index contributed by atoms with van der Waals surface area (Å²) in [5, 5.41) is 8.02. The van der Waals surface area contributed by atoms with Gasteiger partial charge in [0, 0.05) is 30.3 Å². The van der Waals surface area contributed by atoms with E-state index < -0.39 is 11.9 Å². The number of hydrogen-bond donors (Lipinski definition) is 2. The number of hydrogen-bond acceptors (Lipinski definition) is 4. The van der Waals surface area contributed by atoms with Crippen LogP contribution >= 0.6 is 8.58 Å². The van der Waals surface area contributed by atoms with Crippen LogP contribution in [0.1, 0.15) is 40.9 Å². The quantitative estimate of drug-likeness (QED) is 0.327. The third kappa shape index (κ3) is 7.06. The van der Waals surface area contributed by atoms with Crippen molar-refractivity contribution in [1.29, 1.82) is 0 Å². The Morgan fingerprint density at radius 3 is 2.40 bits per heavy atom. The van der Waals surface area contributed by atoms with Crippen molar-refractivity contribution in [1.82, 2.24) is 15.6 Å². The molecule has 3 rings (SSSR count). The normalized spacial score (nSPS) is 13.5. The molecule has 2 unspecified atom stereocenters. The number of halogens is 3. The number of pyridine rings is 1. The lowest BCUT2D eigenvalue weighted by Crippen LogP contribution is -2.32. The molecule has 1 aromatic heterocycles. The first kappa shape index (κ1) is 26.7. The van der Waals surface area contributed by atoms with Crippen molar-refractivity contribution in [3.63, 3.8) is 0 Å². The third-order valence-electron chi connectivity index (χ3n) is 5.90. The number of nitrogens with zero attached hydrogens (tertiary/aromatic N) is 1. The molecule has 0 bridgehead atoms. The molecule has 0 aliphatic rings. The first-order valence-electron chi connectivity index (χ1n) is 11.3. The summed E-state index contributed by atoms with van der Waals surface area (Å²) >= 11 is 0. The molecule has 0 saturated heterocycles. The molecule has 2 N–H and O–H groups in total. The van der Waals surface area contributed by atoms with Crippen molar-refractivity contribution in [2.75, 3.05) is 20.8 Å². The molecule has 4 nitrogen and oxygen atoms in total. The lowest BCUT2D eigenvalue weighted by atomic mass is 9.96. The Hall–Kier alpha value is -2.89. The van der Waals surface area contributed by atoms with Gasteiger partial charge in [0.25, 0.3) is 0 Å². The van der Waals surface area contributed by atoms with Crippen LogP contribution in [0.5, 0.6) is 5.75 Å². The van der Waals surface area contributed by atoms with Crippen molar-refractivity contribution in [2.24, 2.45) is 0 Å². The molecule has 0 amide bonds. The van der Waals surface area contributed by atoms with Crippen molar-refractivity contribution < 1.29 is 17.9 Å². The van der Waals surface area contributed by atoms with E-state index in [0.29, 0.717) is 21.4 Å². The Morgan fingerprint density at radius 2 is 1.83 bits per heavy atom. The Morgan fingerprint density at radius 1 is 1.09 bits per heavy atom. The molecule has 0 radical (unpaired) electrons. The monoisotopic (exact) mass is 501 g/mol. The van der Waals surface area contributed by atoms with Gasteiger partial charge >= 0.3 is 6.18 Å². The second-order valence-corrected chi connectivity index (χ2v) is 9.17. The lowest BCUT2D eigenvalue weighted by Gasteiger charge is -2.29. The number of likely N-dealkylation sites (N-methyl/N-ethyl adjacent to an activating group) is 1. The number of aromatic nitrogens is 1. The molecule has 8 heteroatoms. The summed E-state index contributed by atoms with van der Waals surface area (Å²) in [5.41, 5.74) is 2.84. The first-order valence-corrected chi connectivity index (χ1v) is 12.8. The summed E-state index contributed by atoms with van der Waals surface area (Å²) in [5.74, 6) is 0.847. The predicted molar refractivity (Wildman–Crippen MR) is 138 cm³/mol. The Balaban J connectivity index is 1.91. The highest BCUT2D eigenvalue weighted by molar-refractivity contribution is 7.46. The van der Waals surface area contributed by atoms with Gasteiger partial charge in [0.05, 0.1) is 13.2 Å². The number of benzene rings is 2. The highest BCUT2D eigenvalue weighted by Gasteiger charge is 2.32. The van der Waals surface area contributed by atoms with Crippen LogP contribution in [0.15, 0.2) is 79.1 Å². The molecule has 186 valence electrons. The topological polar surface area (TPSA) is 46.2 Å². The van der Waals surface area contributed by atoms with Crippen LogP contribution in [0, 0.1) is 0 Å². The largest absolute Gasteiger partial charge is 0.496 e. The van der Waals surface area contributed by atoms with Crippen LogP contribution in [0.2, 0.25) is 0 Å². The molecular weight excluding hydrogens is 470 g/mol. The van der Waals surface area contributed by atoms with E-state index in [4.69, 9.17) is 4.74 Å². The molecule has 1 heterocycles. The van der Waals surface area contributed by atoms with E-state index in [9.17, 15) is 13.2 Å².